The van der Waals surface area contributed by atoms with Gasteiger partial charge >= 0.3 is 0 Å². The quantitative estimate of drug-likeness (QED) is 0.497. The van der Waals surface area contributed by atoms with Gasteiger partial charge in [0.1, 0.15) is 0 Å². The van der Waals surface area contributed by atoms with Gasteiger partial charge in [-0.3, -0.25) is 11.3 Å². The SMILES string of the molecule is CCCCC(NN)C1CN(C)CCO1. The molecule has 2 atom stereocenters. The summed E-state index contributed by atoms with van der Waals surface area (Å²) in [6.45, 7) is 5.03. The Balaban J connectivity index is 2.34. The van der Waals surface area contributed by atoms with Crippen LogP contribution in [0.25, 0.3) is 0 Å². The van der Waals surface area contributed by atoms with E-state index in [1.54, 1.807) is 0 Å². The molecule has 4 nitrogen and oxygen atoms in total. The molecule has 0 amide bonds. The average Bonchev–Trinajstić information content (AvgIpc) is 2.19. The number of nitrogens with two attached hydrogens (primary N) is 1. The minimum absolute atomic E-state index is 0.255. The number of nitrogens with one attached hydrogen (secondary N) is 1. The summed E-state index contributed by atoms with van der Waals surface area (Å²) < 4.78 is 5.71. The van der Waals surface area contributed by atoms with Gasteiger partial charge in [0.05, 0.1) is 12.7 Å². The molecule has 0 bridgehead atoms. The summed E-state index contributed by atoms with van der Waals surface area (Å²) in [5.41, 5.74) is 2.88. The normalized spacial score (nSPS) is 26.4. The fourth-order valence-corrected chi connectivity index (χ4v) is 1.86. The summed E-state index contributed by atoms with van der Waals surface area (Å²) in [6.07, 6.45) is 3.77. The lowest BCUT2D eigenvalue weighted by atomic mass is 10.0. The van der Waals surface area contributed by atoms with Gasteiger partial charge in [-0.15, -0.1) is 0 Å². The number of hydrogen-bond acceptors (Lipinski definition) is 4. The highest BCUT2D eigenvalue weighted by Crippen LogP contribution is 2.12. The Kier molecular flexibility index (Phi) is 5.40. The molecule has 0 aromatic carbocycles. The van der Waals surface area contributed by atoms with Crippen molar-refractivity contribution >= 4 is 0 Å². The highest BCUT2D eigenvalue weighted by atomic mass is 16.5. The van der Waals surface area contributed by atoms with Crippen molar-refractivity contribution in [3.8, 4) is 0 Å². The first-order valence-electron chi connectivity index (χ1n) is 5.54. The molecule has 2 unspecified atom stereocenters. The Labute approximate surface area is 86.8 Å². The molecule has 1 fully saturated rings. The second-order valence-electron chi connectivity index (χ2n) is 4.09. The van der Waals surface area contributed by atoms with Crippen LogP contribution in [0.15, 0.2) is 0 Å². The average molecular weight is 201 g/mol. The highest BCUT2D eigenvalue weighted by molar-refractivity contribution is 4.80. The van der Waals surface area contributed by atoms with Crippen LogP contribution < -0.4 is 11.3 Å². The number of morpholine rings is 1. The Morgan fingerprint density at radius 1 is 1.64 bits per heavy atom. The number of rotatable bonds is 5. The largest absolute Gasteiger partial charge is 0.374 e. The maximum atomic E-state index is 5.71. The van der Waals surface area contributed by atoms with E-state index in [0.717, 1.165) is 26.1 Å². The molecule has 0 aromatic rings. The van der Waals surface area contributed by atoms with Crippen LogP contribution in [0.2, 0.25) is 0 Å². The van der Waals surface area contributed by atoms with Crippen LogP contribution >= 0.6 is 0 Å². The topological polar surface area (TPSA) is 50.5 Å². The maximum Gasteiger partial charge on any atom is 0.0868 e. The predicted octanol–water partition coefficient (Wildman–Crippen LogP) is 0.339. The molecule has 0 radical (unpaired) electrons. The molecular formula is C10H23N3O. The zero-order chi connectivity index (χ0) is 10.4. The molecule has 0 saturated carbocycles. The molecular weight excluding hydrogens is 178 g/mol. The number of hydrogen-bond donors (Lipinski definition) is 2. The number of nitrogens with zero attached hydrogens (tertiary/aromatic N) is 1. The Morgan fingerprint density at radius 2 is 2.43 bits per heavy atom. The molecule has 1 heterocycles. The second-order valence-corrected chi connectivity index (χ2v) is 4.09. The van der Waals surface area contributed by atoms with Crippen LogP contribution in [0, 0.1) is 0 Å². The first-order valence-corrected chi connectivity index (χ1v) is 5.54. The van der Waals surface area contributed by atoms with Crippen molar-refractivity contribution in [1.82, 2.24) is 10.3 Å². The van der Waals surface area contributed by atoms with Crippen molar-refractivity contribution in [3.63, 3.8) is 0 Å². The first-order chi connectivity index (χ1) is 6.77. The third-order valence-electron chi connectivity index (χ3n) is 2.83. The van der Waals surface area contributed by atoms with Crippen LogP contribution in [-0.4, -0.2) is 43.8 Å². The molecule has 1 saturated heterocycles. The van der Waals surface area contributed by atoms with Crippen LogP contribution in [0.4, 0.5) is 0 Å². The molecule has 0 spiro atoms. The van der Waals surface area contributed by atoms with Gasteiger partial charge in [-0.25, -0.2) is 0 Å². The van der Waals surface area contributed by atoms with E-state index >= 15 is 0 Å². The summed E-state index contributed by atoms with van der Waals surface area (Å²) >= 11 is 0. The number of likely N-dealkylation sites (N-methyl/N-ethyl adjacent to an activating group) is 1. The fraction of sp³-hybridized carbons (Fsp3) is 1.00. The molecule has 14 heavy (non-hydrogen) atoms. The maximum absolute atomic E-state index is 5.71. The van der Waals surface area contributed by atoms with E-state index in [9.17, 15) is 0 Å². The third-order valence-corrected chi connectivity index (χ3v) is 2.83. The molecule has 4 heteroatoms. The first kappa shape index (κ1) is 11.9. The fourth-order valence-electron chi connectivity index (χ4n) is 1.86. The molecule has 1 aliphatic rings. The lowest BCUT2D eigenvalue weighted by molar-refractivity contribution is -0.0402. The Hall–Kier alpha value is -0.160. The lowest BCUT2D eigenvalue weighted by Gasteiger charge is -2.34. The van der Waals surface area contributed by atoms with E-state index in [1.165, 1.54) is 12.8 Å². The molecule has 84 valence electrons. The van der Waals surface area contributed by atoms with Gasteiger partial charge in [-0.1, -0.05) is 19.8 Å². The van der Waals surface area contributed by atoms with Gasteiger partial charge in [0.25, 0.3) is 0 Å². The van der Waals surface area contributed by atoms with Gasteiger partial charge < -0.3 is 9.64 Å². The van der Waals surface area contributed by atoms with E-state index in [1.807, 2.05) is 0 Å². The number of ether oxygens (including phenoxy) is 1. The van der Waals surface area contributed by atoms with Crippen molar-refractivity contribution in [2.45, 2.75) is 38.3 Å². The Bertz CT molecular complexity index is 154. The van der Waals surface area contributed by atoms with Crippen LogP contribution in [-0.2, 0) is 4.74 Å². The van der Waals surface area contributed by atoms with E-state index < -0.39 is 0 Å². The van der Waals surface area contributed by atoms with Gasteiger partial charge in [0.15, 0.2) is 0 Å². The molecule has 0 aliphatic carbocycles. The highest BCUT2D eigenvalue weighted by Gasteiger charge is 2.25. The number of hydrazine groups is 1. The predicted molar refractivity (Wildman–Crippen MR) is 57.9 cm³/mol. The minimum Gasteiger partial charge on any atom is -0.374 e. The Morgan fingerprint density at radius 3 is 3.00 bits per heavy atom. The summed E-state index contributed by atoms with van der Waals surface area (Å²) in [5.74, 6) is 5.54. The third kappa shape index (κ3) is 3.53. The minimum atomic E-state index is 0.255. The zero-order valence-corrected chi connectivity index (χ0v) is 9.33. The van der Waals surface area contributed by atoms with Crippen molar-refractivity contribution in [1.29, 1.82) is 0 Å². The lowest BCUT2D eigenvalue weighted by Crippen LogP contribution is -2.53. The van der Waals surface area contributed by atoms with E-state index in [0.29, 0.717) is 6.04 Å². The molecule has 3 N–H and O–H groups in total. The molecule has 0 aromatic heterocycles. The van der Waals surface area contributed by atoms with Crippen molar-refractivity contribution in [2.75, 3.05) is 26.7 Å². The van der Waals surface area contributed by atoms with E-state index in [4.69, 9.17) is 10.6 Å². The van der Waals surface area contributed by atoms with E-state index in [2.05, 4.69) is 24.3 Å². The van der Waals surface area contributed by atoms with E-state index in [-0.39, 0.29) is 6.10 Å². The van der Waals surface area contributed by atoms with Crippen molar-refractivity contribution in [2.24, 2.45) is 5.84 Å². The van der Waals surface area contributed by atoms with Gasteiger partial charge in [-0.2, -0.15) is 0 Å². The van der Waals surface area contributed by atoms with Crippen molar-refractivity contribution < 1.29 is 4.74 Å². The standard InChI is InChI=1S/C10H23N3O/c1-3-4-5-9(12-11)10-8-13(2)6-7-14-10/h9-10,12H,3-8,11H2,1-2H3. The van der Waals surface area contributed by atoms with Gasteiger partial charge in [0.2, 0.25) is 0 Å². The van der Waals surface area contributed by atoms with Gasteiger partial charge in [-0.05, 0) is 13.5 Å². The summed E-state index contributed by atoms with van der Waals surface area (Å²) in [4.78, 5) is 2.30. The second kappa shape index (κ2) is 6.35. The van der Waals surface area contributed by atoms with Crippen LogP contribution in [0.1, 0.15) is 26.2 Å². The summed E-state index contributed by atoms with van der Waals surface area (Å²) in [6, 6.07) is 0.303. The van der Waals surface area contributed by atoms with Crippen LogP contribution in [0.5, 0.6) is 0 Å². The summed E-state index contributed by atoms with van der Waals surface area (Å²) in [7, 11) is 2.13. The smallest absolute Gasteiger partial charge is 0.0868 e. The van der Waals surface area contributed by atoms with Gasteiger partial charge in [0, 0.05) is 19.1 Å². The summed E-state index contributed by atoms with van der Waals surface area (Å²) in [5, 5.41) is 0. The molecule has 1 aliphatic heterocycles. The van der Waals surface area contributed by atoms with Crippen LogP contribution in [0.3, 0.4) is 0 Å². The van der Waals surface area contributed by atoms with Crippen molar-refractivity contribution in [3.05, 3.63) is 0 Å². The zero-order valence-electron chi connectivity index (χ0n) is 9.33. The monoisotopic (exact) mass is 201 g/mol. The number of unbranched alkanes of at least 4 members (excludes halogenated alkanes) is 1. The molecule has 1 rings (SSSR count).